The van der Waals surface area contributed by atoms with E-state index in [0.717, 1.165) is 30.0 Å². The van der Waals surface area contributed by atoms with E-state index in [4.69, 9.17) is 16.7 Å². The van der Waals surface area contributed by atoms with Crippen molar-refractivity contribution in [3.05, 3.63) is 16.5 Å². The van der Waals surface area contributed by atoms with Crippen LogP contribution in [0.15, 0.2) is 0 Å². The Bertz CT molecular complexity index is 356. The smallest absolute Gasteiger partial charge is 0.224 e. The fraction of sp³-hybridized carbons (Fsp3) is 0.556. The van der Waals surface area contributed by atoms with Crippen molar-refractivity contribution in [2.24, 2.45) is 0 Å². The molecule has 1 aliphatic heterocycles. The number of hydrogen-bond acceptors (Lipinski definition) is 4. The second-order valence-corrected chi connectivity index (χ2v) is 3.68. The molecule has 0 radical (unpaired) electrons. The van der Waals surface area contributed by atoms with Gasteiger partial charge in [0.15, 0.2) is 0 Å². The highest BCUT2D eigenvalue weighted by Gasteiger charge is 2.23. The van der Waals surface area contributed by atoms with E-state index in [1.807, 2.05) is 11.8 Å². The molecule has 0 amide bonds. The molecule has 5 heteroatoms. The normalized spacial score (nSPS) is 14.6. The molecule has 0 atom stereocenters. The van der Waals surface area contributed by atoms with Gasteiger partial charge in [0.05, 0.1) is 6.61 Å². The molecule has 76 valence electrons. The summed E-state index contributed by atoms with van der Waals surface area (Å²) in [5.41, 5.74) is 2.10. The molecule has 1 aliphatic rings. The maximum absolute atomic E-state index is 8.87. The lowest BCUT2D eigenvalue weighted by atomic mass is 10.2. The molecule has 2 rings (SSSR count). The van der Waals surface area contributed by atoms with Crippen molar-refractivity contribution in [3.8, 4) is 0 Å². The Kier molecular flexibility index (Phi) is 2.56. The van der Waals surface area contributed by atoms with Gasteiger partial charge in [0.25, 0.3) is 0 Å². The lowest BCUT2D eigenvalue weighted by molar-refractivity contribution is 0.302. The maximum Gasteiger partial charge on any atom is 0.224 e. The average Bonchev–Trinajstić information content (AvgIpc) is 2.49. The zero-order valence-electron chi connectivity index (χ0n) is 8.00. The maximum atomic E-state index is 8.87. The molecular weight excluding hydrogens is 202 g/mol. The van der Waals surface area contributed by atoms with Gasteiger partial charge >= 0.3 is 0 Å². The molecule has 0 fully saturated rings. The first-order valence-corrected chi connectivity index (χ1v) is 4.99. The molecule has 0 spiro atoms. The SMILES string of the molecule is Cc1nc(Cl)nc2c1CCN2CCO. The molecule has 2 heterocycles. The van der Waals surface area contributed by atoms with Gasteiger partial charge < -0.3 is 10.0 Å². The number of hydrogen-bond donors (Lipinski definition) is 1. The molecule has 4 nitrogen and oxygen atoms in total. The molecule has 14 heavy (non-hydrogen) atoms. The summed E-state index contributed by atoms with van der Waals surface area (Å²) in [6.07, 6.45) is 0.943. The van der Waals surface area contributed by atoms with E-state index < -0.39 is 0 Å². The molecule has 0 bridgehead atoms. The minimum Gasteiger partial charge on any atom is -0.395 e. The van der Waals surface area contributed by atoms with Gasteiger partial charge in [-0.15, -0.1) is 0 Å². The zero-order chi connectivity index (χ0) is 10.1. The Morgan fingerprint density at radius 3 is 3.00 bits per heavy atom. The van der Waals surface area contributed by atoms with E-state index in [1.165, 1.54) is 0 Å². The lowest BCUT2D eigenvalue weighted by Crippen LogP contribution is -2.24. The number of halogens is 1. The highest BCUT2D eigenvalue weighted by molar-refractivity contribution is 6.28. The van der Waals surface area contributed by atoms with Gasteiger partial charge in [-0.25, -0.2) is 9.97 Å². The number of fused-ring (bicyclic) bond motifs is 1. The van der Waals surface area contributed by atoms with Crippen LogP contribution in [0.5, 0.6) is 0 Å². The predicted octanol–water partition coefficient (Wildman–Crippen LogP) is 0.793. The van der Waals surface area contributed by atoms with Gasteiger partial charge in [0.1, 0.15) is 5.82 Å². The minimum atomic E-state index is 0.139. The van der Waals surface area contributed by atoms with Crippen LogP contribution in [0.2, 0.25) is 5.28 Å². The number of rotatable bonds is 2. The van der Waals surface area contributed by atoms with Crippen molar-refractivity contribution in [1.82, 2.24) is 9.97 Å². The van der Waals surface area contributed by atoms with E-state index in [0.29, 0.717) is 6.54 Å². The third-order valence-electron chi connectivity index (χ3n) is 2.47. The number of β-amino-alcohol motifs (C(OH)–C–C–N with tert-alkyl or cyclic N) is 1. The van der Waals surface area contributed by atoms with Gasteiger partial charge in [0, 0.05) is 24.3 Å². The average molecular weight is 214 g/mol. The van der Waals surface area contributed by atoms with Crippen molar-refractivity contribution in [2.75, 3.05) is 24.6 Å². The molecule has 0 aromatic carbocycles. The fourth-order valence-corrected chi connectivity index (χ4v) is 2.00. The Hall–Kier alpha value is -0.870. The Balaban J connectivity index is 2.38. The van der Waals surface area contributed by atoms with Crippen LogP contribution < -0.4 is 4.90 Å². The van der Waals surface area contributed by atoms with E-state index in [-0.39, 0.29) is 11.9 Å². The van der Waals surface area contributed by atoms with Gasteiger partial charge in [-0.1, -0.05) is 0 Å². The Labute approximate surface area is 87.5 Å². The number of nitrogens with zero attached hydrogens (tertiary/aromatic N) is 3. The van der Waals surface area contributed by atoms with Crippen LogP contribution in [0, 0.1) is 6.92 Å². The first kappa shape index (κ1) is 9.68. The fourth-order valence-electron chi connectivity index (χ4n) is 1.79. The number of aliphatic hydroxyl groups excluding tert-OH is 1. The minimum absolute atomic E-state index is 0.139. The largest absolute Gasteiger partial charge is 0.395 e. The van der Waals surface area contributed by atoms with Crippen LogP contribution in [-0.4, -0.2) is 34.8 Å². The molecular formula is C9H12ClN3O. The van der Waals surface area contributed by atoms with Gasteiger partial charge in [-0.05, 0) is 24.9 Å². The topological polar surface area (TPSA) is 49.2 Å². The van der Waals surface area contributed by atoms with E-state index >= 15 is 0 Å². The third kappa shape index (κ3) is 1.55. The predicted molar refractivity (Wildman–Crippen MR) is 54.8 cm³/mol. The number of anilines is 1. The molecule has 0 unspecified atom stereocenters. The first-order valence-electron chi connectivity index (χ1n) is 4.61. The van der Waals surface area contributed by atoms with Crippen LogP contribution in [0.25, 0.3) is 0 Å². The second kappa shape index (κ2) is 3.71. The molecule has 1 N–H and O–H groups in total. The van der Waals surface area contributed by atoms with Crippen molar-refractivity contribution in [3.63, 3.8) is 0 Å². The summed E-state index contributed by atoms with van der Waals surface area (Å²) in [7, 11) is 0. The number of aliphatic hydroxyl groups is 1. The number of aryl methyl sites for hydroxylation is 1. The summed E-state index contributed by atoms with van der Waals surface area (Å²) in [6.45, 7) is 3.58. The van der Waals surface area contributed by atoms with Crippen LogP contribution >= 0.6 is 11.6 Å². The molecule has 0 saturated carbocycles. The van der Waals surface area contributed by atoms with Gasteiger partial charge in [-0.2, -0.15) is 0 Å². The first-order chi connectivity index (χ1) is 6.72. The molecule has 1 aromatic heterocycles. The summed E-state index contributed by atoms with van der Waals surface area (Å²) >= 11 is 5.78. The lowest BCUT2D eigenvalue weighted by Gasteiger charge is -2.16. The van der Waals surface area contributed by atoms with E-state index in [1.54, 1.807) is 0 Å². The monoisotopic (exact) mass is 213 g/mol. The van der Waals surface area contributed by atoms with Crippen molar-refractivity contribution in [1.29, 1.82) is 0 Å². The van der Waals surface area contributed by atoms with Crippen LogP contribution in [-0.2, 0) is 6.42 Å². The summed E-state index contributed by atoms with van der Waals surface area (Å²) in [6, 6.07) is 0. The standard InChI is InChI=1S/C9H12ClN3O/c1-6-7-2-3-13(4-5-14)8(7)12-9(10)11-6/h14H,2-5H2,1H3. The number of aromatic nitrogens is 2. The van der Waals surface area contributed by atoms with Crippen LogP contribution in [0.4, 0.5) is 5.82 Å². The summed E-state index contributed by atoms with van der Waals surface area (Å²) in [4.78, 5) is 10.3. The quantitative estimate of drug-likeness (QED) is 0.739. The Morgan fingerprint density at radius 1 is 1.50 bits per heavy atom. The third-order valence-corrected chi connectivity index (χ3v) is 2.63. The molecule has 0 aliphatic carbocycles. The zero-order valence-corrected chi connectivity index (χ0v) is 8.75. The van der Waals surface area contributed by atoms with Gasteiger partial charge in [-0.3, -0.25) is 0 Å². The molecule has 1 aromatic rings. The summed E-state index contributed by atoms with van der Waals surface area (Å²) in [5, 5.41) is 9.16. The van der Waals surface area contributed by atoms with Crippen molar-refractivity contribution < 1.29 is 5.11 Å². The van der Waals surface area contributed by atoms with Crippen LogP contribution in [0.3, 0.4) is 0 Å². The van der Waals surface area contributed by atoms with Crippen LogP contribution in [0.1, 0.15) is 11.3 Å². The highest BCUT2D eigenvalue weighted by Crippen LogP contribution is 2.28. The highest BCUT2D eigenvalue weighted by atomic mass is 35.5. The van der Waals surface area contributed by atoms with Crippen molar-refractivity contribution in [2.45, 2.75) is 13.3 Å². The summed E-state index contributed by atoms with van der Waals surface area (Å²) < 4.78 is 0. The van der Waals surface area contributed by atoms with E-state index in [2.05, 4.69) is 9.97 Å². The van der Waals surface area contributed by atoms with Crippen molar-refractivity contribution >= 4 is 17.4 Å². The second-order valence-electron chi connectivity index (χ2n) is 3.34. The molecule has 0 saturated heterocycles. The van der Waals surface area contributed by atoms with E-state index in [9.17, 15) is 0 Å². The van der Waals surface area contributed by atoms with Gasteiger partial charge in [0.2, 0.25) is 5.28 Å². The Morgan fingerprint density at radius 2 is 2.29 bits per heavy atom. The summed E-state index contributed by atoms with van der Waals surface area (Å²) in [5.74, 6) is 0.886.